The molecule has 0 fully saturated rings. The van der Waals surface area contributed by atoms with Gasteiger partial charge in [0.1, 0.15) is 5.01 Å². The van der Waals surface area contributed by atoms with Gasteiger partial charge >= 0.3 is 0 Å². The fraction of sp³-hybridized carbons (Fsp3) is 0.533. The molecule has 0 aromatic carbocycles. The van der Waals surface area contributed by atoms with Crippen molar-refractivity contribution < 1.29 is 4.74 Å². The maximum Gasteiger partial charge on any atom is 0.226 e. The van der Waals surface area contributed by atoms with E-state index in [0.29, 0.717) is 18.4 Å². The van der Waals surface area contributed by atoms with Crippen LogP contribution in [0.15, 0.2) is 12.3 Å². The first-order valence-corrected chi connectivity index (χ1v) is 8.13. The van der Waals surface area contributed by atoms with Crippen LogP contribution < -0.4 is 10.1 Å². The van der Waals surface area contributed by atoms with Gasteiger partial charge < -0.3 is 10.1 Å². The van der Waals surface area contributed by atoms with Crippen molar-refractivity contribution in [2.75, 3.05) is 11.9 Å². The molecular formula is C15H22N4OS. The van der Waals surface area contributed by atoms with Crippen LogP contribution in [0.3, 0.4) is 0 Å². The van der Waals surface area contributed by atoms with Crippen LogP contribution in [0, 0.1) is 6.92 Å². The molecule has 2 rings (SSSR count). The highest BCUT2D eigenvalue weighted by molar-refractivity contribution is 7.11. The largest absolute Gasteiger partial charge is 0.478 e. The normalized spacial score (nSPS) is 12.2. The molecule has 2 aromatic heterocycles. The standard InChI is InChI=1S/C15H22N4OS/c1-5-7-20-13-8-10(3)17-15(19-13)18-11(4)14-16-9-12(6-2)21-14/h8-9,11H,5-7H2,1-4H3,(H,17,18,19). The molecular weight excluding hydrogens is 284 g/mol. The summed E-state index contributed by atoms with van der Waals surface area (Å²) in [5.74, 6) is 1.20. The maximum atomic E-state index is 5.58. The van der Waals surface area contributed by atoms with E-state index < -0.39 is 0 Å². The minimum absolute atomic E-state index is 0.0797. The Kier molecular flexibility index (Phi) is 5.50. The molecule has 21 heavy (non-hydrogen) atoms. The van der Waals surface area contributed by atoms with Crippen LogP contribution >= 0.6 is 11.3 Å². The van der Waals surface area contributed by atoms with Crippen LogP contribution in [0.25, 0.3) is 0 Å². The number of hydrogen-bond acceptors (Lipinski definition) is 6. The summed E-state index contributed by atoms with van der Waals surface area (Å²) in [4.78, 5) is 14.5. The molecule has 0 saturated carbocycles. The number of ether oxygens (including phenoxy) is 1. The molecule has 0 amide bonds. The van der Waals surface area contributed by atoms with Gasteiger partial charge in [0.2, 0.25) is 11.8 Å². The molecule has 114 valence electrons. The smallest absolute Gasteiger partial charge is 0.226 e. The number of nitrogens with zero attached hydrogens (tertiary/aromatic N) is 3. The van der Waals surface area contributed by atoms with Crippen LogP contribution in [0.1, 0.15) is 48.8 Å². The SMILES string of the molecule is CCCOc1cc(C)nc(NC(C)c2ncc(CC)s2)n1. The fourth-order valence-corrected chi connectivity index (χ4v) is 2.69. The molecule has 0 spiro atoms. The summed E-state index contributed by atoms with van der Waals surface area (Å²) in [7, 11) is 0. The van der Waals surface area contributed by atoms with Gasteiger partial charge in [-0.3, -0.25) is 0 Å². The monoisotopic (exact) mass is 306 g/mol. The van der Waals surface area contributed by atoms with Gasteiger partial charge in [0, 0.05) is 22.8 Å². The molecule has 0 aliphatic rings. The van der Waals surface area contributed by atoms with Crippen LogP contribution in [-0.2, 0) is 6.42 Å². The lowest BCUT2D eigenvalue weighted by molar-refractivity contribution is 0.305. The first kappa shape index (κ1) is 15.7. The first-order chi connectivity index (χ1) is 10.1. The van der Waals surface area contributed by atoms with E-state index in [1.54, 1.807) is 11.3 Å². The van der Waals surface area contributed by atoms with Gasteiger partial charge in [-0.05, 0) is 26.7 Å². The Hall–Kier alpha value is -1.69. The number of thiazole rings is 1. The Morgan fingerprint density at radius 2 is 2.14 bits per heavy atom. The molecule has 1 unspecified atom stereocenters. The van der Waals surface area contributed by atoms with Gasteiger partial charge in [-0.25, -0.2) is 9.97 Å². The quantitative estimate of drug-likeness (QED) is 0.844. The lowest BCUT2D eigenvalue weighted by atomic mass is 10.3. The lowest BCUT2D eigenvalue weighted by Gasteiger charge is -2.13. The second kappa shape index (κ2) is 7.36. The molecule has 5 nitrogen and oxygen atoms in total. The fourth-order valence-electron chi connectivity index (χ4n) is 1.83. The molecule has 0 radical (unpaired) electrons. The summed E-state index contributed by atoms with van der Waals surface area (Å²) in [6, 6.07) is 1.93. The van der Waals surface area contributed by atoms with E-state index in [2.05, 4.69) is 41.0 Å². The highest BCUT2D eigenvalue weighted by Crippen LogP contribution is 2.23. The van der Waals surface area contributed by atoms with E-state index in [0.717, 1.165) is 23.5 Å². The minimum Gasteiger partial charge on any atom is -0.478 e. The molecule has 1 atom stereocenters. The molecule has 6 heteroatoms. The van der Waals surface area contributed by atoms with E-state index in [4.69, 9.17) is 4.74 Å². The molecule has 1 N–H and O–H groups in total. The predicted octanol–water partition coefficient (Wildman–Crippen LogP) is 3.77. The Balaban J connectivity index is 2.08. The van der Waals surface area contributed by atoms with E-state index in [1.807, 2.05) is 19.2 Å². The highest BCUT2D eigenvalue weighted by atomic mass is 32.1. The number of anilines is 1. The molecule has 2 heterocycles. The van der Waals surface area contributed by atoms with Gasteiger partial charge in [0.25, 0.3) is 0 Å². The molecule has 0 aliphatic heterocycles. The molecule has 0 saturated heterocycles. The third-order valence-electron chi connectivity index (χ3n) is 2.92. The first-order valence-electron chi connectivity index (χ1n) is 7.32. The number of nitrogens with one attached hydrogen (secondary N) is 1. The van der Waals surface area contributed by atoms with Gasteiger partial charge in [-0.1, -0.05) is 13.8 Å². The summed E-state index contributed by atoms with van der Waals surface area (Å²) in [5.41, 5.74) is 0.888. The minimum atomic E-state index is 0.0797. The van der Waals surface area contributed by atoms with Crippen molar-refractivity contribution in [1.29, 1.82) is 0 Å². The van der Waals surface area contributed by atoms with E-state index in [1.165, 1.54) is 4.88 Å². The van der Waals surface area contributed by atoms with Gasteiger partial charge in [0.15, 0.2) is 0 Å². The summed E-state index contributed by atoms with van der Waals surface area (Å²) in [6.45, 7) is 8.88. The van der Waals surface area contributed by atoms with Crippen molar-refractivity contribution in [3.63, 3.8) is 0 Å². The van der Waals surface area contributed by atoms with Gasteiger partial charge in [0.05, 0.1) is 12.6 Å². The third-order valence-corrected chi connectivity index (χ3v) is 4.25. The second-order valence-electron chi connectivity index (χ2n) is 4.90. The number of rotatable bonds is 7. The molecule has 2 aromatic rings. The summed E-state index contributed by atoms with van der Waals surface area (Å²) in [5, 5.41) is 4.35. The van der Waals surface area contributed by atoms with Gasteiger partial charge in [-0.15, -0.1) is 11.3 Å². The Labute approximate surface area is 129 Å². The van der Waals surface area contributed by atoms with E-state index in [9.17, 15) is 0 Å². The average molecular weight is 306 g/mol. The highest BCUT2D eigenvalue weighted by Gasteiger charge is 2.12. The second-order valence-corrected chi connectivity index (χ2v) is 6.05. The zero-order valence-corrected chi connectivity index (χ0v) is 13.8. The number of aromatic nitrogens is 3. The number of hydrogen-bond donors (Lipinski definition) is 1. The zero-order chi connectivity index (χ0) is 15.2. The average Bonchev–Trinajstić information content (AvgIpc) is 2.93. The van der Waals surface area contributed by atoms with E-state index >= 15 is 0 Å². The summed E-state index contributed by atoms with van der Waals surface area (Å²) < 4.78 is 5.58. The summed E-state index contributed by atoms with van der Waals surface area (Å²) in [6.07, 6.45) is 3.91. The van der Waals surface area contributed by atoms with Crippen molar-refractivity contribution in [3.8, 4) is 5.88 Å². The third kappa shape index (κ3) is 4.39. The van der Waals surface area contributed by atoms with Crippen LogP contribution in [0.2, 0.25) is 0 Å². The van der Waals surface area contributed by atoms with Crippen molar-refractivity contribution >= 4 is 17.3 Å². The van der Waals surface area contributed by atoms with Crippen LogP contribution in [-0.4, -0.2) is 21.6 Å². The van der Waals surface area contributed by atoms with Crippen molar-refractivity contribution in [2.45, 2.75) is 46.6 Å². The van der Waals surface area contributed by atoms with Crippen LogP contribution in [0.5, 0.6) is 5.88 Å². The van der Waals surface area contributed by atoms with Crippen molar-refractivity contribution in [2.24, 2.45) is 0 Å². The maximum absolute atomic E-state index is 5.58. The van der Waals surface area contributed by atoms with Crippen molar-refractivity contribution in [3.05, 3.63) is 27.8 Å². The Morgan fingerprint density at radius 3 is 2.81 bits per heavy atom. The Morgan fingerprint density at radius 1 is 1.33 bits per heavy atom. The number of aryl methyl sites for hydroxylation is 2. The lowest BCUT2D eigenvalue weighted by Crippen LogP contribution is -2.10. The van der Waals surface area contributed by atoms with Crippen LogP contribution in [0.4, 0.5) is 5.95 Å². The van der Waals surface area contributed by atoms with Gasteiger partial charge in [-0.2, -0.15) is 4.98 Å². The summed E-state index contributed by atoms with van der Waals surface area (Å²) >= 11 is 1.72. The zero-order valence-electron chi connectivity index (χ0n) is 13.0. The van der Waals surface area contributed by atoms with Crippen molar-refractivity contribution in [1.82, 2.24) is 15.0 Å². The molecule has 0 aliphatic carbocycles. The van der Waals surface area contributed by atoms with E-state index in [-0.39, 0.29) is 6.04 Å². The predicted molar refractivity (Wildman–Crippen MR) is 86.1 cm³/mol. The molecule has 0 bridgehead atoms. The Bertz CT molecular complexity index is 585. The topological polar surface area (TPSA) is 59.9 Å².